The van der Waals surface area contributed by atoms with E-state index in [0.717, 1.165) is 40.9 Å². The van der Waals surface area contributed by atoms with E-state index in [2.05, 4.69) is 11.4 Å². The first kappa shape index (κ1) is 22.5. The summed E-state index contributed by atoms with van der Waals surface area (Å²) < 4.78 is 33.8. The lowest BCUT2D eigenvalue weighted by Gasteiger charge is -2.29. The number of nitrogens with zero attached hydrogens (tertiary/aromatic N) is 2. The summed E-state index contributed by atoms with van der Waals surface area (Å²) in [5.74, 6) is -0.171. The van der Waals surface area contributed by atoms with Crippen molar-refractivity contribution in [3.63, 3.8) is 0 Å². The van der Waals surface area contributed by atoms with Gasteiger partial charge in [-0.3, -0.25) is 4.79 Å². The average Bonchev–Trinajstić information content (AvgIpc) is 3.29. The van der Waals surface area contributed by atoms with Crippen molar-refractivity contribution >= 4 is 43.2 Å². The largest absolute Gasteiger partial charge is 0.379 e. The maximum absolute atomic E-state index is 13.3. The van der Waals surface area contributed by atoms with Crippen LogP contribution in [0.15, 0.2) is 53.4 Å². The Morgan fingerprint density at radius 3 is 2.67 bits per heavy atom. The second-order valence-electron chi connectivity index (χ2n) is 8.55. The molecular weight excluding hydrogens is 458 g/mol. The number of hydrogen-bond donors (Lipinski definition) is 1. The molecule has 2 aliphatic rings. The van der Waals surface area contributed by atoms with Gasteiger partial charge in [-0.2, -0.15) is 4.31 Å². The minimum Gasteiger partial charge on any atom is -0.379 e. The third-order valence-corrected chi connectivity index (χ3v) is 9.50. The first-order valence-electron chi connectivity index (χ1n) is 11.4. The predicted molar refractivity (Wildman–Crippen MR) is 129 cm³/mol. The van der Waals surface area contributed by atoms with Gasteiger partial charge in [0, 0.05) is 30.6 Å². The van der Waals surface area contributed by atoms with Gasteiger partial charge in [-0.15, -0.1) is 11.3 Å². The molecule has 5 rings (SSSR count). The highest BCUT2D eigenvalue weighted by Crippen LogP contribution is 2.41. The van der Waals surface area contributed by atoms with Gasteiger partial charge in [0.25, 0.3) is 0 Å². The number of thiazole rings is 1. The van der Waals surface area contributed by atoms with Crippen LogP contribution in [0.2, 0.25) is 0 Å². The van der Waals surface area contributed by atoms with Crippen LogP contribution in [-0.2, 0) is 19.6 Å². The van der Waals surface area contributed by atoms with Crippen LogP contribution in [0.3, 0.4) is 0 Å². The second-order valence-corrected chi connectivity index (χ2v) is 11.6. The van der Waals surface area contributed by atoms with Crippen molar-refractivity contribution in [2.24, 2.45) is 5.92 Å². The van der Waals surface area contributed by atoms with Crippen LogP contribution in [0.4, 0.5) is 5.69 Å². The van der Waals surface area contributed by atoms with E-state index >= 15 is 0 Å². The van der Waals surface area contributed by atoms with Crippen molar-refractivity contribution < 1.29 is 17.9 Å². The molecule has 1 aliphatic carbocycles. The van der Waals surface area contributed by atoms with Gasteiger partial charge < -0.3 is 10.1 Å². The van der Waals surface area contributed by atoms with Crippen LogP contribution in [0.1, 0.15) is 36.6 Å². The molecule has 1 amide bonds. The zero-order valence-corrected chi connectivity index (χ0v) is 19.9. The number of carbonyl (C=O) groups excluding carboxylic acids is 1. The van der Waals surface area contributed by atoms with Crippen molar-refractivity contribution in [3.05, 3.63) is 53.5 Å². The van der Waals surface area contributed by atoms with Gasteiger partial charge in [0.05, 0.1) is 33.3 Å². The fourth-order valence-corrected chi connectivity index (χ4v) is 7.32. The lowest BCUT2D eigenvalue weighted by Crippen LogP contribution is -2.40. The van der Waals surface area contributed by atoms with Gasteiger partial charge in [-0.25, -0.2) is 13.4 Å². The minimum absolute atomic E-state index is 0.0696. The molecule has 7 nitrogen and oxygen atoms in total. The molecule has 33 heavy (non-hydrogen) atoms. The van der Waals surface area contributed by atoms with E-state index in [1.54, 1.807) is 35.6 Å². The molecule has 2 aromatic carbocycles. The van der Waals surface area contributed by atoms with Crippen LogP contribution >= 0.6 is 11.3 Å². The molecule has 1 saturated heterocycles. The first-order chi connectivity index (χ1) is 16.0. The second kappa shape index (κ2) is 9.50. The number of aromatic nitrogens is 1. The normalized spacial score (nSPS) is 22.3. The number of amides is 1. The zero-order valence-electron chi connectivity index (χ0n) is 18.3. The molecule has 9 heteroatoms. The van der Waals surface area contributed by atoms with Crippen molar-refractivity contribution in [3.8, 4) is 0 Å². The van der Waals surface area contributed by atoms with Gasteiger partial charge in [-0.1, -0.05) is 31.0 Å². The number of rotatable bonds is 5. The number of morpholine rings is 1. The molecule has 1 aliphatic heterocycles. The van der Waals surface area contributed by atoms with Crippen molar-refractivity contribution in [2.45, 2.75) is 36.5 Å². The van der Waals surface area contributed by atoms with Crippen molar-refractivity contribution in [2.75, 3.05) is 31.6 Å². The Hall–Kier alpha value is -2.33. The van der Waals surface area contributed by atoms with Gasteiger partial charge in [0.15, 0.2) is 0 Å². The molecule has 0 bridgehead atoms. The Balaban J connectivity index is 1.35. The number of nitrogens with one attached hydrogen (secondary N) is 1. The van der Waals surface area contributed by atoms with Gasteiger partial charge in [-0.05, 0) is 43.2 Å². The third kappa shape index (κ3) is 4.68. The monoisotopic (exact) mass is 485 g/mol. The van der Waals surface area contributed by atoms with Gasteiger partial charge in [0.1, 0.15) is 0 Å². The molecule has 3 aromatic rings. The summed E-state index contributed by atoms with van der Waals surface area (Å²) in [6, 6.07) is 14.6. The number of hydrogen-bond acceptors (Lipinski definition) is 6. The van der Waals surface area contributed by atoms with Crippen LogP contribution < -0.4 is 5.32 Å². The SMILES string of the molecule is O=C(Nc1cccc(S(=O)(=O)N2CCOCC2)c1)C1CCCCC1c1nc2ccccc2s1. The van der Waals surface area contributed by atoms with Gasteiger partial charge >= 0.3 is 0 Å². The topological polar surface area (TPSA) is 88.6 Å². The molecule has 0 spiro atoms. The Kier molecular flexibility index (Phi) is 6.47. The number of para-hydroxylation sites is 1. The number of carbonyl (C=O) groups is 1. The fourth-order valence-electron chi connectivity index (χ4n) is 4.69. The maximum Gasteiger partial charge on any atom is 0.243 e. The van der Waals surface area contributed by atoms with Crippen LogP contribution in [0, 0.1) is 5.92 Å². The molecule has 2 heterocycles. The molecule has 1 N–H and O–H groups in total. The van der Waals surface area contributed by atoms with Crippen LogP contribution in [0.25, 0.3) is 10.2 Å². The highest BCUT2D eigenvalue weighted by Gasteiger charge is 2.34. The maximum atomic E-state index is 13.3. The lowest BCUT2D eigenvalue weighted by atomic mass is 9.79. The molecule has 2 fully saturated rings. The Bertz CT molecular complexity index is 1220. The van der Waals surface area contributed by atoms with Crippen LogP contribution in [-0.4, -0.2) is 49.9 Å². The lowest BCUT2D eigenvalue weighted by molar-refractivity contribution is -0.121. The van der Waals surface area contributed by atoms with E-state index in [1.165, 1.54) is 4.31 Å². The summed E-state index contributed by atoms with van der Waals surface area (Å²) in [5.41, 5.74) is 1.48. The number of ether oxygens (including phenoxy) is 1. The summed E-state index contributed by atoms with van der Waals surface area (Å²) in [4.78, 5) is 18.3. The number of benzene rings is 2. The Morgan fingerprint density at radius 1 is 1.06 bits per heavy atom. The molecule has 2 atom stereocenters. The van der Waals surface area contributed by atoms with Crippen LogP contribution in [0.5, 0.6) is 0 Å². The van der Waals surface area contributed by atoms with Gasteiger partial charge in [0.2, 0.25) is 15.9 Å². The molecular formula is C24H27N3O4S2. The van der Waals surface area contributed by atoms with Crippen molar-refractivity contribution in [1.82, 2.24) is 9.29 Å². The Morgan fingerprint density at radius 2 is 1.85 bits per heavy atom. The third-order valence-electron chi connectivity index (χ3n) is 6.44. The molecule has 1 saturated carbocycles. The van der Waals surface area contributed by atoms with E-state index in [9.17, 15) is 13.2 Å². The van der Waals surface area contributed by atoms with Crippen molar-refractivity contribution in [1.29, 1.82) is 0 Å². The van der Waals surface area contributed by atoms with E-state index in [4.69, 9.17) is 9.72 Å². The smallest absolute Gasteiger partial charge is 0.243 e. The van der Waals surface area contributed by atoms with E-state index in [1.807, 2.05) is 18.2 Å². The number of fused-ring (bicyclic) bond motifs is 1. The average molecular weight is 486 g/mol. The first-order valence-corrected chi connectivity index (χ1v) is 13.6. The zero-order chi connectivity index (χ0) is 22.8. The van der Waals surface area contributed by atoms with E-state index in [-0.39, 0.29) is 22.6 Å². The van der Waals surface area contributed by atoms with E-state index < -0.39 is 10.0 Å². The number of sulfonamides is 1. The molecule has 2 unspecified atom stereocenters. The Labute approximate surface area is 197 Å². The molecule has 174 valence electrons. The quantitative estimate of drug-likeness (QED) is 0.584. The summed E-state index contributed by atoms with van der Waals surface area (Å²) in [6.45, 7) is 1.46. The highest BCUT2D eigenvalue weighted by molar-refractivity contribution is 7.89. The summed E-state index contributed by atoms with van der Waals surface area (Å²) >= 11 is 1.67. The summed E-state index contributed by atoms with van der Waals surface area (Å²) in [6.07, 6.45) is 3.82. The summed E-state index contributed by atoms with van der Waals surface area (Å²) in [7, 11) is -3.62. The number of anilines is 1. The predicted octanol–water partition coefficient (Wildman–Crippen LogP) is 4.23. The van der Waals surface area contributed by atoms with E-state index in [0.29, 0.717) is 32.0 Å². The minimum atomic E-state index is -3.62. The molecule has 0 radical (unpaired) electrons. The fraction of sp³-hybridized carbons (Fsp3) is 0.417. The summed E-state index contributed by atoms with van der Waals surface area (Å²) in [5, 5.41) is 4.00. The highest BCUT2D eigenvalue weighted by atomic mass is 32.2. The standard InChI is InChI=1S/C24H27N3O4S2/c28-23(19-8-1-2-9-20(19)24-26-21-10-3-4-11-22(21)32-24)25-17-6-5-7-18(16-17)33(29,30)27-12-14-31-15-13-27/h3-7,10-11,16,19-20H,1-2,8-9,12-15H2,(H,25,28). The molecule has 1 aromatic heterocycles.